The van der Waals surface area contributed by atoms with Gasteiger partial charge in [-0.15, -0.1) is 12.4 Å². The predicted octanol–water partition coefficient (Wildman–Crippen LogP) is 1.61. The van der Waals surface area contributed by atoms with Crippen molar-refractivity contribution in [1.29, 1.82) is 0 Å². The fourth-order valence-electron chi connectivity index (χ4n) is 1.27. The fourth-order valence-corrected chi connectivity index (χ4v) is 1.48. The topological polar surface area (TPSA) is 50.4 Å². The lowest BCUT2D eigenvalue weighted by Gasteiger charge is -2.07. The molecule has 0 spiro atoms. The molecule has 0 unspecified atom stereocenters. The van der Waals surface area contributed by atoms with Crippen molar-refractivity contribution >= 4 is 29.9 Å². The summed E-state index contributed by atoms with van der Waals surface area (Å²) in [6.45, 7) is 1.99. The summed E-state index contributed by atoms with van der Waals surface area (Å²) >= 11 is 5.97. The average Bonchev–Trinajstić information content (AvgIpc) is 2.34. The van der Waals surface area contributed by atoms with E-state index in [9.17, 15) is 4.79 Å². The highest BCUT2D eigenvalue weighted by Gasteiger charge is 2.02. The van der Waals surface area contributed by atoms with Crippen LogP contribution in [0.25, 0.3) is 0 Å². The lowest BCUT2D eigenvalue weighted by molar-refractivity contribution is -0.120. The van der Waals surface area contributed by atoms with Crippen LogP contribution in [0.15, 0.2) is 24.3 Å². The van der Waals surface area contributed by atoms with Gasteiger partial charge in [-0.1, -0.05) is 29.8 Å². The molecule has 0 radical (unpaired) electrons. The van der Waals surface area contributed by atoms with Gasteiger partial charge in [0.15, 0.2) is 0 Å². The quantitative estimate of drug-likeness (QED) is 0.751. The molecule has 0 bridgehead atoms. The van der Waals surface area contributed by atoms with Gasteiger partial charge in [-0.3, -0.25) is 4.79 Å². The van der Waals surface area contributed by atoms with Gasteiger partial charge in [0, 0.05) is 25.2 Å². The molecule has 0 saturated heterocycles. The van der Waals surface area contributed by atoms with Crippen molar-refractivity contribution in [3.8, 4) is 0 Å². The van der Waals surface area contributed by atoms with Crippen molar-refractivity contribution in [2.45, 2.75) is 6.54 Å². The van der Waals surface area contributed by atoms with Crippen molar-refractivity contribution in [2.24, 2.45) is 0 Å². The van der Waals surface area contributed by atoms with Crippen LogP contribution in [0.3, 0.4) is 0 Å². The van der Waals surface area contributed by atoms with E-state index in [1.54, 1.807) is 13.2 Å². The first kappa shape index (κ1) is 17.2. The van der Waals surface area contributed by atoms with E-state index < -0.39 is 0 Å². The molecule has 6 heteroatoms. The second-order valence-corrected chi connectivity index (χ2v) is 3.94. The normalized spacial score (nSPS) is 9.67. The van der Waals surface area contributed by atoms with Crippen LogP contribution in [0.2, 0.25) is 5.02 Å². The molecule has 0 aliphatic carbocycles. The van der Waals surface area contributed by atoms with Gasteiger partial charge in [0.05, 0.1) is 13.2 Å². The molecule has 1 aromatic rings. The molecule has 0 atom stereocenters. The Balaban J connectivity index is 0.00000289. The molecule has 4 nitrogen and oxygen atoms in total. The maximum atomic E-state index is 11.4. The molecule has 18 heavy (non-hydrogen) atoms. The van der Waals surface area contributed by atoms with Crippen LogP contribution in [-0.4, -0.2) is 32.7 Å². The largest absolute Gasteiger partial charge is 0.383 e. The van der Waals surface area contributed by atoms with Crippen LogP contribution >= 0.6 is 24.0 Å². The molecule has 102 valence electrons. The first-order valence-electron chi connectivity index (χ1n) is 5.44. The minimum Gasteiger partial charge on any atom is -0.383 e. The summed E-state index contributed by atoms with van der Waals surface area (Å²) in [7, 11) is 1.62. The van der Waals surface area contributed by atoms with Crippen LogP contribution in [0, 0.1) is 0 Å². The summed E-state index contributed by atoms with van der Waals surface area (Å²) in [5.74, 6) is -0.0546. The van der Waals surface area contributed by atoms with Gasteiger partial charge in [-0.25, -0.2) is 0 Å². The van der Waals surface area contributed by atoms with Gasteiger partial charge >= 0.3 is 0 Å². The Morgan fingerprint density at radius 2 is 2.11 bits per heavy atom. The molecule has 0 heterocycles. The molecule has 0 aliphatic heterocycles. The van der Waals surface area contributed by atoms with Crippen molar-refractivity contribution in [2.75, 3.05) is 26.8 Å². The molecule has 1 aromatic carbocycles. The monoisotopic (exact) mass is 292 g/mol. The second-order valence-electron chi connectivity index (χ2n) is 3.54. The van der Waals surface area contributed by atoms with Crippen LogP contribution in [0.5, 0.6) is 0 Å². The predicted molar refractivity (Wildman–Crippen MR) is 75.3 cm³/mol. The minimum absolute atomic E-state index is 0. The fraction of sp³-hybridized carbons (Fsp3) is 0.417. The van der Waals surface area contributed by atoms with E-state index >= 15 is 0 Å². The van der Waals surface area contributed by atoms with Gasteiger partial charge in [-0.2, -0.15) is 0 Å². The highest BCUT2D eigenvalue weighted by Crippen LogP contribution is 2.13. The highest BCUT2D eigenvalue weighted by molar-refractivity contribution is 6.31. The molecule has 0 saturated carbocycles. The van der Waals surface area contributed by atoms with E-state index in [-0.39, 0.29) is 24.9 Å². The highest BCUT2D eigenvalue weighted by atomic mass is 35.5. The number of rotatable bonds is 7. The first-order valence-corrected chi connectivity index (χ1v) is 5.81. The lowest BCUT2D eigenvalue weighted by Crippen LogP contribution is -2.34. The van der Waals surface area contributed by atoms with E-state index in [0.717, 1.165) is 5.56 Å². The number of hydrogen-bond acceptors (Lipinski definition) is 3. The maximum absolute atomic E-state index is 11.4. The van der Waals surface area contributed by atoms with Crippen LogP contribution in [0.4, 0.5) is 0 Å². The standard InChI is InChI=1S/C12H17ClN2O2.ClH/c1-17-7-6-14-9-12(16)15-8-10-4-2-3-5-11(10)13;/h2-5,14H,6-9H2,1H3,(H,15,16);1H. The second kappa shape index (κ2) is 10.1. The van der Waals surface area contributed by atoms with E-state index in [1.807, 2.05) is 18.2 Å². The number of halogens is 2. The summed E-state index contributed by atoms with van der Waals surface area (Å²) in [5, 5.41) is 6.42. The molecule has 0 fully saturated rings. The summed E-state index contributed by atoms with van der Waals surface area (Å²) < 4.78 is 4.86. The number of carbonyl (C=O) groups is 1. The van der Waals surface area contributed by atoms with Crippen molar-refractivity contribution < 1.29 is 9.53 Å². The number of amides is 1. The third-order valence-corrected chi connectivity index (χ3v) is 2.57. The smallest absolute Gasteiger partial charge is 0.234 e. The molecular weight excluding hydrogens is 275 g/mol. The minimum atomic E-state index is -0.0546. The molecule has 1 rings (SSSR count). The van der Waals surface area contributed by atoms with Crippen molar-refractivity contribution in [3.05, 3.63) is 34.9 Å². The Morgan fingerprint density at radius 3 is 2.78 bits per heavy atom. The number of ether oxygens (including phenoxy) is 1. The SMILES string of the molecule is COCCNCC(=O)NCc1ccccc1Cl.Cl. The molecule has 0 aromatic heterocycles. The third kappa shape index (κ3) is 6.81. The number of nitrogens with one attached hydrogen (secondary N) is 2. The number of carbonyl (C=O) groups excluding carboxylic acids is 1. The van der Waals surface area contributed by atoms with Crippen molar-refractivity contribution in [3.63, 3.8) is 0 Å². The van der Waals surface area contributed by atoms with Gasteiger partial charge in [0.25, 0.3) is 0 Å². The Morgan fingerprint density at radius 1 is 1.39 bits per heavy atom. The van der Waals surface area contributed by atoms with Crippen LogP contribution in [0.1, 0.15) is 5.56 Å². The summed E-state index contributed by atoms with van der Waals surface area (Å²) in [5.41, 5.74) is 0.916. The van der Waals surface area contributed by atoms with Gasteiger partial charge in [0.2, 0.25) is 5.91 Å². The summed E-state index contributed by atoms with van der Waals surface area (Å²) in [6.07, 6.45) is 0. The first-order chi connectivity index (χ1) is 8.24. The van der Waals surface area contributed by atoms with E-state index in [0.29, 0.717) is 24.7 Å². The van der Waals surface area contributed by atoms with E-state index in [1.165, 1.54) is 0 Å². The maximum Gasteiger partial charge on any atom is 0.234 e. The number of benzene rings is 1. The Hall–Kier alpha value is -0.810. The van der Waals surface area contributed by atoms with Gasteiger partial charge in [-0.05, 0) is 11.6 Å². The average molecular weight is 293 g/mol. The zero-order valence-electron chi connectivity index (χ0n) is 10.2. The molecule has 1 amide bonds. The van der Waals surface area contributed by atoms with Crippen LogP contribution in [-0.2, 0) is 16.1 Å². The summed E-state index contributed by atoms with van der Waals surface area (Å²) in [4.78, 5) is 11.4. The zero-order chi connectivity index (χ0) is 12.5. The molecule has 2 N–H and O–H groups in total. The van der Waals surface area contributed by atoms with E-state index in [2.05, 4.69) is 10.6 Å². The summed E-state index contributed by atoms with van der Waals surface area (Å²) in [6, 6.07) is 7.45. The van der Waals surface area contributed by atoms with Gasteiger partial charge < -0.3 is 15.4 Å². The van der Waals surface area contributed by atoms with Gasteiger partial charge in [0.1, 0.15) is 0 Å². The lowest BCUT2D eigenvalue weighted by atomic mass is 10.2. The third-order valence-electron chi connectivity index (χ3n) is 2.20. The van der Waals surface area contributed by atoms with E-state index in [4.69, 9.17) is 16.3 Å². The van der Waals surface area contributed by atoms with Crippen LogP contribution < -0.4 is 10.6 Å². The molecular formula is C12H18Cl2N2O2. The Labute approximate surface area is 118 Å². The number of methoxy groups -OCH3 is 1. The van der Waals surface area contributed by atoms with Crippen molar-refractivity contribution in [1.82, 2.24) is 10.6 Å². The Kier molecular flexibility index (Phi) is 9.69. The number of hydrogen-bond donors (Lipinski definition) is 2. The molecule has 0 aliphatic rings. The Bertz CT molecular complexity index is 362. The zero-order valence-corrected chi connectivity index (χ0v) is 11.8.